The highest BCUT2D eigenvalue weighted by molar-refractivity contribution is 7.17. The Bertz CT molecular complexity index is 1030. The van der Waals surface area contributed by atoms with Crippen LogP contribution < -0.4 is 5.56 Å². The van der Waals surface area contributed by atoms with Crippen LogP contribution in [0.3, 0.4) is 0 Å². The maximum Gasteiger partial charge on any atom is 0.339 e. The van der Waals surface area contributed by atoms with Crippen molar-refractivity contribution in [3.05, 3.63) is 54.1 Å². The first kappa shape index (κ1) is 16.5. The molecule has 0 saturated carbocycles. The molecule has 0 saturated heterocycles. The molecule has 4 rings (SSSR count). The van der Waals surface area contributed by atoms with Crippen molar-refractivity contribution in [2.24, 2.45) is 0 Å². The molecule has 0 aliphatic heterocycles. The summed E-state index contributed by atoms with van der Waals surface area (Å²) in [5.74, 6) is -0.366. The normalized spacial score (nSPS) is 13.8. The quantitative estimate of drug-likeness (QED) is 0.656. The van der Waals surface area contributed by atoms with Gasteiger partial charge in [-0.05, 0) is 45.6 Å². The molecule has 0 aromatic carbocycles. The predicted octanol–water partition coefficient (Wildman–Crippen LogP) is 3.67. The molecule has 0 bridgehead atoms. The van der Waals surface area contributed by atoms with E-state index < -0.39 is 0 Å². The minimum Gasteiger partial charge on any atom is -0.456 e. The fourth-order valence-corrected chi connectivity index (χ4v) is 5.41. The van der Waals surface area contributed by atoms with Gasteiger partial charge in [0.1, 0.15) is 6.61 Å². The second-order valence-electron chi connectivity index (χ2n) is 6.29. The molecule has 7 heteroatoms. The average molecular weight is 374 g/mol. The lowest BCUT2D eigenvalue weighted by Gasteiger charge is -2.10. The number of ether oxygens (including phenoxy) is 1. The number of hydrogen-bond donors (Lipinski definition) is 0. The minimum absolute atomic E-state index is 0.0154. The Morgan fingerprint density at radius 3 is 2.80 bits per heavy atom. The van der Waals surface area contributed by atoms with Gasteiger partial charge in [-0.3, -0.25) is 9.20 Å². The van der Waals surface area contributed by atoms with Gasteiger partial charge in [0, 0.05) is 26.4 Å². The predicted molar refractivity (Wildman–Crippen MR) is 98.9 cm³/mol. The highest BCUT2D eigenvalue weighted by atomic mass is 32.1. The molecule has 1 aliphatic rings. The number of thiophene rings is 1. The van der Waals surface area contributed by atoms with E-state index in [-0.39, 0.29) is 18.1 Å². The second-order valence-corrected chi connectivity index (χ2v) is 8.81. The largest absolute Gasteiger partial charge is 0.456 e. The summed E-state index contributed by atoms with van der Waals surface area (Å²) >= 11 is 3.15. The van der Waals surface area contributed by atoms with Crippen molar-refractivity contribution in [1.29, 1.82) is 0 Å². The third-order valence-electron chi connectivity index (χ3n) is 4.43. The summed E-state index contributed by atoms with van der Waals surface area (Å²) in [6, 6.07) is 3.31. The number of hydrogen-bond acceptors (Lipinski definition) is 6. The lowest BCUT2D eigenvalue weighted by Crippen LogP contribution is -2.18. The van der Waals surface area contributed by atoms with Crippen LogP contribution >= 0.6 is 22.7 Å². The number of fused-ring (bicyclic) bond motifs is 3. The van der Waals surface area contributed by atoms with Gasteiger partial charge in [-0.15, -0.1) is 22.7 Å². The third-order valence-corrected chi connectivity index (χ3v) is 6.54. The van der Waals surface area contributed by atoms with E-state index in [4.69, 9.17) is 4.74 Å². The summed E-state index contributed by atoms with van der Waals surface area (Å²) in [4.78, 5) is 33.2. The highest BCUT2D eigenvalue weighted by Gasteiger charge is 2.19. The Balaban J connectivity index is 1.59. The molecular formula is C18H18N2O3S2. The van der Waals surface area contributed by atoms with Crippen molar-refractivity contribution in [2.75, 3.05) is 0 Å². The van der Waals surface area contributed by atoms with Gasteiger partial charge in [0.15, 0.2) is 4.96 Å². The van der Waals surface area contributed by atoms with E-state index >= 15 is 0 Å². The van der Waals surface area contributed by atoms with Crippen molar-refractivity contribution in [3.63, 3.8) is 0 Å². The first-order chi connectivity index (χ1) is 12.0. The monoisotopic (exact) mass is 374 g/mol. The van der Waals surface area contributed by atoms with Crippen LogP contribution in [-0.2, 0) is 24.2 Å². The number of esters is 1. The Morgan fingerprint density at radius 2 is 2.04 bits per heavy atom. The SMILES string of the molecule is Cc1cc(C(=O)OCc2cc(=O)n3c4c(sc3n2)CCCC4)c(C)s1. The first-order valence-electron chi connectivity index (χ1n) is 8.30. The van der Waals surface area contributed by atoms with Crippen LogP contribution in [0.15, 0.2) is 16.9 Å². The van der Waals surface area contributed by atoms with Crippen LogP contribution in [0.2, 0.25) is 0 Å². The van der Waals surface area contributed by atoms with Gasteiger partial charge in [-0.2, -0.15) is 0 Å². The summed E-state index contributed by atoms with van der Waals surface area (Å²) in [6.07, 6.45) is 4.23. The van der Waals surface area contributed by atoms with Gasteiger partial charge in [-0.25, -0.2) is 9.78 Å². The second kappa shape index (κ2) is 6.38. The molecule has 3 aromatic rings. The summed E-state index contributed by atoms with van der Waals surface area (Å²) in [5, 5.41) is 0. The number of carbonyl (C=O) groups is 1. The topological polar surface area (TPSA) is 60.7 Å². The number of aromatic nitrogens is 2. The third kappa shape index (κ3) is 3.02. The molecule has 3 aromatic heterocycles. The van der Waals surface area contributed by atoms with E-state index in [0.29, 0.717) is 16.2 Å². The fourth-order valence-electron chi connectivity index (χ4n) is 3.27. The van der Waals surface area contributed by atoms with Crippen LogP contribution in [0.4, 0.5) is 0 Å². The maximum absolute atomic E-state index is 12.5. The molecule has 0 spiro atoms. The maximum atomic E-state index is 12.5. The highest BCUT2D eigenvalue weighted by Crippen LogP contribution is 2.28. The molecule has 25 heavy (non-hydrogen) atoms. The average Bonchev–Trinajstić information content (AvgIpc) is 3.12. The summed E-state index contributed by atoms with van der Waals surface area (Å²) < 4.78 is 7.10. The van der Waals surface area contributed by atoms with E-state index in [0.717, 1.165) is 34.7 Å². The Hall–Kier alpha value is -1.99. The molecule has 0 N–H and O–H groups in total. The van der Waals surface area contributed by atoms with E-state index in [1.54, 1.807) is 27.1 Å². The van der Waals surface area contributed by atoms with Crippen molar-refractivity contribution in [2.45, 2.75) is 46.1 Å². The molecule has 0 unspecified atom stereocenters. The van der Waals surface area contributed by atoms with Gasteiger partial charge in [0.2, 0.25) is 0 Å². The molecule has 130 valence electrons. The van der Waals surface area contributed by atoms with Crippen LogP contribution in [0.5, 0.6) is 0 Å². The summed E-state index contributed by atoms with van der Waals surface area (Å²) in [6.45, 7) is 3.88. The van der Waals surface area contributed by atoms with Gasteiger partial charge in [0.25, 0.3) is 5.56 Å². The Labute approximate surface area is 152 Å². The van der Waals surface area contributed by atoms with Gasteiger partial charge < -0.3 is 4.74 Å². The Morgan fingerprint density at radius 1 is 1.24 bits per heavy atom. The Kier molecular flexibility index (Phi) is 4.21. The summed E-state index contributed by atoms with van der Waals surface area (Å²) in [5.41, 5.74) is 2.11. The van der Waals surface area contributed by atoms with Crippen molar-refractivity contribution in [1.82, 2.24) is 9.38 Å². The van der Waals surface area contributed by atoms with Crippen molar-refractivity contribution < 1.29 is 9.53 Å². The number of aryl methyl sites for hydroxylation is 4. The fraction of sp³-hybridized carbons (Fsp3) is 0.389. The zero-order valence-corrected chi connectivity index (χ0v) is 15.8. The molecule has 0 fully saturated rings. The van der Waals surface area contributed by atoms with Gasteiger partial charge in [-0.1, -0.05) is 0 Å². The smallest absolute Gasteiger partial charge is 0.339 e. The van der Waals surface area contributed by atoms with E-state index in [1.807, 2.05) is 19.9 Å². The molecule has 1 aliphatic carbocycles. The van der Waals surface area contributed by atoms with Crippen LogP contribution in [0.25, 0.3) is 4.96 Å². The van der Waals surface area contributed by atoms with Crippen LogP contribution in [-0.4, -0.2) is 15.4 Å². The van der Waals surface area contributed by atoms with Crippen molar-refractivity contribution >= 4 is 33.6 Å². The van der Waals surface area contributed by atoms with Gasteiger partial charge >= 0.3 is 5.97 Å². The molecule has 0 amide bonds. The number of carbonyl (C=O) groups excluding carboxylic acids is 1. The standard InChI is InChI=1S/C18H18N2O3S2/c1-10-7-13(11(2)24-10)17(22)23-9-12-8-16(21)20-14-5-3-4-6-15(14)25-18(20)19-12/h7-8H,3-6,9H2,1-2H3. The van der Waals surface area contributed by atoms with Crippen molar-refractivity contribution in [3.8, 4) is 0 Å². The zero-order chi connectivity index (χ0) is 17.6. The van der Waals surface area contributed by atoms with Crippen LogP contribution in [0, 0.1) is 13.8 Å². The minimum atomic E-state index is -0.366. The molecule has 5 nitrogen and oxygen atoms in total. The zero-order valence-electron chi connectivity index (χ0n) is 14.1. The van der Waals surface area contributed by atoms with Gasteiger partial charge in [0.05, 0.1) is 11.3 Å². The lowest BCUT2D eigenvalue weighted by molar-refractivity contribution is 0.0467. The number of rotatable bonds is 3. The molecule has 3 heterocycles. The molecule has 0 radical (unpaired) electrons. The molecule has 0 atom stereocenters. The van der Waals surface area contributed by atoms with E-state index in [1.165, 1.54) is 17.4 Å². The summed E-state index contributed by atoms with van der Waals surface area (Å²) in [7, 11) is 0. The van der Waals surface area contributed by atoms with E-state index in [2.05, 4.69) is 4.98 Å². The lowest BCUT2D eigenvalue weighted by atomic mass is 10.0. The number of nitrogens with zero attached hydrogens (tertiary/aromatic N) is 2. The van der Waals surface area contributed by atoms with Crippen LogP contribution in [0.1, 0.15) is 49.2 Å². The molecular weight excluding hydrogens is 356 g/mol. The number of thiazole rings is 1. The van der Waals surface area contributed by atoms with E-state index in [9.17, 15) is 9.59 Å². The first-order valence-corrected chi connectivity index (χ1v) is 9.93.